The molecule has 0 aliphatic rings. The zero-order valence-corrected chi connectivity index (χ0v) is 4.81. The fourth-order valence-corrected chi connectivity index (χ4v) is 0.484. The molecule has 0 saturated heterocycles. The van der Waals surface area contributed by atoms with Gasteiger partial charge in [-0.3, -0.25) is 4.98 Å². The van der Waals surface area contributed by atoms with Crippen LogP contribution in [0.2, 0.25) is 0 Å². The molecule has 10 heavy (non-hydrogen) atoms. The van der Waals surface area contributed by atoms with Gasteiger partial charge in [-0.1, -0.05) is 0 Å². The van der Waals surface area contributed by atoms with Gasteiger partial charge in [0, 0.05) is 6.20 Å². The molecule has 0 aliphatic carbocycles. The van der Waals surface area contributed by atoms with E-state index in [9.17, 15) is 13.2 Å². The molecule has 0 aromatic carbocycles. The predicted molar refractivity (Wildman–Crippen MR) is 28.1 cm³/mol. The molecule has 0 amide bonds. The first-order valence-electron chi connectivity index (χ1n) is 2.50. The molecular weight excluding hydrogens is 143 g/mol. The molecule has 0 bridgehead atoms. The van der Waals surface area contributed by atoms with E-state index in [0.717, 1.165) is 6.07 Å². The van der Waals surface area contributed by atoms with Crippen molar-refractivity contribution < 1.29 is 13.2 Å². The lowest BCUT2D eigenvalue weighted by atomic mass is 10.3. The SMILES string of the molecule is FC(F)(F)c1[c]nccc1. The Kier molecular flexibility index (Phi) is 1.61. The van der Waals surface area contributed by atoms with Crippen LogP contribution < -0.4 is 0 Å². The number of hydrogen-bond donors (Lipinski definition) is 0. The van der Waals surface area contributed by atoms with E-state index in [1.165, 1.54) is 12.3 Å². The number of pyridine rings is 1. The van der Waals surface area contributed by atoms with Gasteiger partial charge in [0.1, 0.15) is 6.20 Å². The minimum Gasteiger partial charge on any atom is -0.254 e. The van der Waals surface area contributed by atoms with Crippen molar-refractivity contribution >= 4 is 0 Å². The lowest BCUT2D eigenvalue weighted by molar-refractivity contribution is -0.138. The van der Waals surface area contributed by atoms with Crippen LogP contribution in [0.3, 0.4) is 0 Å². The zero-order valence-electron chi connectivity index (χ0n) is 4.81. The number of halogens is 3. The smallest absolute Gasteiger partial charge is 0.254 e. The van der Waals surface area contributed by atoms with Gasteiger partial charge < -0.3 is 0 Å². The fourth-order valence-electron chi connectivity index (χ4n) is 0.484. The Morgan fingerprint density at radius 1 is 1.40 bits per heavy atom. The average molecular weight is 146 g/mol. The third kappa shape index (κ3) is 1.46. The Bertz CT molecular complexity index is 204. The minimum absolute atomic E-state index is 0.838. The molecular formula is C6H3F3N. The van der Waals surface area contributed by atoms with E-state index in [-0.39, 0.29) is 0 Å². The maximum atomic E-state index is 11.7. The first kappa shape index (κ1) is 7.05. The van der Waals surface area contributed by atoms with Crippen molar-refractivity contribution in [3.05, 3.63) is 30.1 Å². The summed E-state index contributed by atoms with van der Waals surface area (Å²) in [6.07, 6.45) is -1.25. The zero-order chi connectivity index (χ0) is 7.61. The van der Waals surface area contributed by atoms with Crippen molar-refractivity contribution in [1.82, 2.24) is 4.98 Å². The van der Waals surface area contributed by atoms with Gasteiger partial charge >= 0.3 is 6.18 Å². The van der Waals surface area contributed by atoms with E-state index in [1.54, 1.807) is 0 Å². The molecule has 0 aliphatic heterocycles. The molecule has 1 nitrogen and oxygen atoms in total. The highest BCUT2D eigenvalue weighted by atomic mass is 19.4. The number of hydrogen-bond acceptors (Lipinski definition) is 1. The Balaban J connectivity index is 2.97. The van der Waals surface area contributed by atoms with Gasteiger partial charge in [-0.25, -0.2) is 0 Å². The average Bonchev–Trinajstić information content (AvgIpc) is 1.88. The van der Waals surface area contributed by atoms with Crippen LogP contribution in [0, 0.1) is 6.20 Å². The summed E-state index contributed by atoms with van der Waals surface area (Å²) >= 11 is 0. The fraction of sp³-hybridized carbons (Fsp3) is 0.167. The Hall–Kier alpha value is -1.06. The summed E-state index contributed by atoms with van der Waals surface area (Å²) in [5.74, 6) is 0. The molecule has 0 spiro atoms. The Labute approximate surface area is 55.5 Å². The van der Waals surface area contributed by atoms with Gasteiger partial charge in [-0.2, -0.15) is 13.2 Å². The quantitative estimate of drug-likeness (QED) is 0.544. The number of aromatic nitrogens is 1. The van der Waals surface area contributed by atoms with Gasteiger partial charge in [0.25, 0.3) is 0 Å². The van der Waals surface area contributed by atoms with Crippen LogP contribution in [-0.2, 0) is 6.18 Å². The second-order valence-electron chi connectivity index (χ2n) is 1.66. The van der Waals surface area contributed by atoms with Crippen molar-refractivity contribution in [3.63, 3.8) is 0 Å². The van der Waals surface area contributed by atoms with E-state index in [4.69, 9.17) is 0 Å². The normalized spacial score (nSPS) is 11.5. The summed E-state index contributed by atoms with van der Waals surface area (Å²) in [7, 11) is 0. The highest BCUT2D eigenvalue weighted by Gasteiger charge is 2.30. The molecule has 53 valence electrons. The summed E-state index contributed by atoms with van der Waals surface area (Å²) < 4.78 is 35.1. The van der Waals surface area contributed by atoms with Gasteiger partial charge in [-0.15, -0.1) is 0 Å². The minimum atomic E-state index is -4.33. The summed E-state index contributed by atoms with van der Waals surface area (Å²) in [4.78, 5) is 3.21. The van der Waals surface area contributed by atoms with E-state index in [0.29, 0.717) is 0 Å². The van der Waals surface area contributed by atoms with Crippen molar-refractivity contribution in [2.75, 3.05) is 0 Å². The van der Waals surface area contributed by atoms with Crippen LogP contribution in [0.15, 0.2) is 18.3 Å². The molecule has 0 fully saturated rings. The number of nitrogens with zero attached hydrogens (tertiary/aromatic N) is 1. The molecule has 0 unspecified atom stereocenters. The second kappa shape index (κ2) is 2.28. The topological polar surface area (TPSA) is 12.9 Å². The second-order valence-corrected chi connectivity index (χ2v) is 1.66. The van der Waals surface area contributed by atoms with Crippen molar-refractivity contribution in [2.24, 2.45) is 0 Å². The van der Waals surface area contributed by atoms with Gasteiger partial charge in [-0.05, 0) is 12.1 Å². The first-order valence-corrected chi connectivity index (χ1v) is 2.50. The number of rotatable bonds is 0. The maximum Gasteiger partial charge on any atom is 0.418 e. The van der Waals surface area contributed by atoms with Crippen LogP contribution in [0.4, 0.5) is 13.2 Å². The molecule has 1 rings (SSSR count). The van der Waals surface area contributed by atoms with E-state index < -0.39 is 11.7 Å². The summed E-state index contributed by atoms with van der Waals surface area (Å²) in [6.45, 7) is 0. The van der Waals surface area contributed by atoms with E-state index >= 15 is 0 Å². The van der Waals surface area contributed by atoms with Crippen molar-refractivity contribution in [1.29, 1.82) is 0 Å². The third-order valence-corrected chi connectivity index (χ3v) is 0.914. The van der Waals surface area contributed by atoms with E-state index in [1.807, 2.05) is 6.20 Å². The van der Waals surface area contributed by atoms with Crippen LogP contribution >= 0.6 is 0 Å². The molecule has 0 saturated carbocycles. The lowest BCUT2D eigenvalue weighted by Gasteiger charge is -2.02. The standard InChI is InChI=1S/C6H3F3N/c7-6(8,9)5-2-1-3-10-4-5/h1-3H. The van der Waals surface area contributed by atoms with Gasteiger partial charge in [0.15, 0.2) is 0 Å². The number of alkyl halides is 3. The highest BCUT2D eigenvalue weighted by molar-refractivity contribution is 5.10. The largest absolute Gasteiger partial charge is 0.418 e. The molecule has 0 N–H and O–H groups in total. The summed E-state index contributed by atoms with van der Waals surface area (Å²) in [5, 5.41) is 0. The summed E-state index contributed by atoms with van der Waals surface area (Å²) in [6, 6.07) is 2.15. The first-order chi connectivity index (χ1) is 4.61. The maximum absolute atomic E-state index is 11.7. The predicted octanol–water partition coefficient (Wildman–Crippen LogP) is 1.90. The molecule has 4 heteroatoms. The van der Waals surface area contributed by atoms with Crippen LogP contribution in [-0.4, -0.2) is 4.98 Å². The molecule has 1 radical (unpaired) electrons. The lowest BCUT2D eigenvalue weighted by Crippen LogP contribution is -2.04. The molecule has 1 heterocycles. The van der Waals surface area contributed by atoms with E-state index in [2.05, 4.69) is 4.98 Å². The molecule has 0 atom stereocenters. The van der Waals surface area contributed by atoms with Crippen LogP contribution in [0.5, 0.6) is 0 Å². The highest BCUT2D eigenvalue weighted by Crippen LogP contribution is 2.27. The molecule has 1 aromatic heterocycles. The molecule has 1 aromatic rings. The van der Waals surface area contributed by atoms with Crippen LogP contribution in [0.1, 0.15) is 5.56 Å². The third-order valence-electron chi connectivity index (χ3n) is 0.914. The van der Waals surface area contributed by atoms with Crippen molar-refractivity contribution in [3.8, 4) is 0 Å². The summed E-state index contributed by atoms with van der Waals surface area (Å²) in [5.41, 5.74) is -0.838. The van der Waals surface area contributed by atoms with Crippen molar-refractivity contribution in [2.45, 2.75) is 6.18 Å². The monoisotopic (exact) mass is 146 g/mol. The van der Waals surface area contributed by atoms with Gasteiger partial charge in [0.05, 0.1) is 5.56 Å². The Morgan fingerprint density at radius 3 is 2.40 bits per heavy atom. The Morgan fingerprint density at radius 2 is 2.10 bits per heavy atom. The van der Waals surface area contributed by atoms with Crippen LogP contribution in [0.25, 0.3) is 0 Å². The van der Waals surface area contributed by atoms with Gasteiger partial charge in [0.2, 0.25) is 0 Å².